The van der Waals surface area contributed by atoms with Gasteiger partial charge in [0.2, 0.25) is 0 Å². The molecule has 0 unspecified atom stereocenters. The van der Waals surface area contributed by atoms with E-state index in [4.69, 9.17) is 18.0 Å². The zero-order valence-electron chi connectivity index (χ0n) is 5.00. The van der Waals surface area contributed by atoms with Gasteiger partial charge >= 0.3 is 0 Å². The van der Waals surface area contributed by atoms with E-state index in [0.717, 1.165) is 0 Å². The Morgan fingerprint density at radius 1 is 1.80 bits per heavy atom. The summed E-state index contributed by atoms with van der Waals surface area (Å²) < 4.78 is 0.228. The van der Waals surface area contributed by atoms with Gasteiger partial charge in [-0.3, -0.25) is 4.79 Å². The van der Waals surface area contributed by atoms with Crippen molar-refractivity contribution in [2.24, 2.45) is 0 Å². The summed E-state index contributed by atoms with van der Waals surface area (Å²) in [7, 11) is 0. The number of nitrogens with one attached hydrogen (secondary N) is 1. The fourth-order valence-electron chi connectivity index (χ4n) is 0.537. The minimum atomic E-state index is 0.228. The first-order chi connectivity index (χ1) is 4.75. The molecule has 4 nitrogen and oxygen atoms in total. The Balaban J connectivity index is 3.45. The Hall–Kier alpha value is -1.23. The van der Waals surface area contributed by atoms with Crippen LogP contribution in [0.3, 0.4) is 0 Å². The molecule has 0 amide bonds. The molecule has 1 aromatic heterocycles. The highest BCUT2D eigenvalue weighted by Gasteiger charge is 1.97. The molecule has 0 aromatic carbocycles. The van der Waals surface area contributed by atoms with E-state index in [1.54, 1.807) is 0 Å². The van der Waals surface area contributed by atoms with Gasteiger partial charge in [-0.1, -0.05) is 12.2 Å². The van der Waals surface area contributed by atoms with Gasteiger partial charge in [-0.2, -0.15) is 0 Å². The Kier molecular flexibility index (Phi) is 1.77. The second-order valence-corrected chi connectivity index (χ2v) is 2.04. The number of hydrogen-bond acceptors (Lipinski definition) is 4. The molecule has 0 fully saturated rings. The zero-order valence-corrected chi connectivity index (χ0v) is 5.81. The monoisotopic (exact) mass is 155 g/mol. The van der Waals surface area contributed by atoms with E-state index in [9.17, 15) is 4.79 Å². The van der Waals surface area contributed by atoms with Gasteiger partial charge in [-0.15, -0.1) is 0 Å². The molecule has 0 aliphatic heterocycles. The van der Waals surface area contributed by atoms with Gasteiger partial charge in [0.1, 0.15) is 10.5 Å². The second kappa shape index (κ2) is 2.57. The molecule has 1 heterocycles. The first kappa shape index (κ1) is 6.88. The normalized spacial score (nSPS) is 9.20. The molecule has 1 rings (SSSR count). The van der Waals surface area contributed by atoms with E-state index >= 15 is 0 Å². The van der Waals surface area contributed by atoms with Gasteiger partial charge in [0, 0.05) is 0 Å². The molecule has 0 radical (unpaired) electrons. The number of aromatic nitrogens is 2. The van der Waals surface area contributed by atoms with Crippen LogP contribution in [-0.2, 0) is 0 Å². The van der Waals surface area contributed by atoms with Crippen molar-refractivity contribution in [1.29, 1.82) is 0 Å². The van der Waals surface area contributed by atoms with Gasteiger partial charge in [0.05, 0.1) is 11.9 Å². The Morgan fingerprint density at radius 2 is 2.50 bits per heavy atom. The fourth-order valence-corrected chi connectivity index (χ4v) is 0.748. The summed E-state index contributed by atoms with van der Waals surface area (Å²) in [6, 6.07) is 0. The summed E-state index contributed by atoms with van der Waals surface area (Å²) in [5.74, 6) is 0.259. The van der Waals surface area contributed by atoms with Gasteiger partial charge in [-0.25, -0.2) is 4.98 Å². The number of H-pyrrole nitrogens is 1. The molecule has 0 spiro atoms. The van der Waals surface area contributed by atoms with Crippen LogP contribution in [0.5, 0.6) is 0 Å². The SMILES string of the molecule is Nc1[nH]cnc(=S)c1C=O. The standard InChI is InChI=1S/C5H5N3OS/c6-4-3(1-9)5(10)8-2-7-4/h1-2H,(H3,6,7,8,10). The van der Waals surface area contributed by atoms with Crippen molar-refractivity contribution in [2.75, 3.05) is 5.73 Å². The molecule has 0 aliphatic rings. The summed E-state index contributed by atoms with van der Waals surface area (Å²) in [4.78, 5) is 16.5. The summed E-state index contributed by atoms with van der Waals surface area (Å²) in [5.41, 5.74) is 5.59. The molecule has 0 bridgehead atoms. The zero-order chi connectivity index (χ0) is 7.56. The summed E-state index contributed by atoms with van der Waals surface area (Å²) >= 11 is 4.70. The maximum atomic E-state index is 10.2. The average Bonchev–Trinajstić information content (AvgIpc) is 1.88. The van der Waals surface area contributed by atoms with Crippen LogP contribution in [0, 0.1) is 4.64 Å². The number of hydrogen-bond donors (Lipinski definition) is 2. The first-order valence-electron chi connectivity index (χ1n) is 2.54. The molecule has 0 saturated carbocycles. The third-order valence-corrected chi connectivity index (χ3v) is 1.37. The number of rotatable bonds is 1. The van der Waals surface area contributed by atoms with E-state index in [1.807, 2.05) is 0 Å². The van der Waals surface area contributed by atoms with E-state index in [2.05, 4.69) is 9.97 Å². The lowest BCUT2D eigenvalue weighted by Gasteiger charge is -1.94. The highest BCUT2D eigenvalue weighted by molar-refractivity contribution is 7.71. The number of anilines is 1. The number of carbonyl (C=O) groups excluding carboxylic acids is 1. The Bertz CT molecular complexity index is 306. The number of carbonyl (C=O) groups is 1. The van der Waals surface area contributed by atoms with Crippen LogP contribution in [0.2, 0.25) is 0 Å². The third-order valence-electron chi connectivity index (χ3n) is 1.04. The lowest BCUT2D eigenvalue weighted by atomic mass is 10.3. The molecule has 10 heavy (non-hydrogen) atoms. The topological polar surface area (TPSA) is 71.8 Å². The van der Waals surface area contributed by atoms with Crippen molar-refractivity contribution >= 4 is 24.3 Å². The maximum Gasteiger partial charge on any atom is 0.156 e. The van der Waals surface area contributed by atoms with Gasteiger partial charge < -0.3 is 10.7 Å². The lowest BCUT2D eigenvalue weighted by molar-refractivity contribution is 0.112. The fraction of sp³-hybridized carbons (Fsp3) is 0. The van der Waals surface area contributed by atoms with Gasteiger partial charge in [-0.05, 0) is 0 Å². The van der Waals surface area contributed by atoms with Crippen LogP contribution < -0.4 is 5.73 Å². The minimum absolute atomic E-state index is 0.228. The molecular weight excluding hydrogens is 150 g/mol. The molecule has 0 saturated heterocycles. The van der Waals surface area contributed by atoms with Gasteiger partial charge in [0.25, 0.3) is 0 Å². The number of nitrogens with two attached hydrogens (primary N) is 1. The highest BCUT2D eigenvalue weighted by atomic mass is 32.1. The predicted octanol–water partition coefficient (Wildman–Crippen LogP) is 0.534. The largest absolute Gasteiger partial charge is 0.385 e. The summed E-state index contributed by atoms with van der Waals surface area (Å²) in [6.45, 7) is 0. The van der Waals surface area contributed by atoms with E-state index in [-0.39, 0.29) is 16.0 Å². The van der Waals surface area contributed by atoms with Crippen molar-refractivity contribution in [1.82, 2.24) is 9.97 Å². The molecule has 1 aromatic rings. The molecule has 5 heteroatoms. The number of nitrogens with zero attached hydrogens (tertiary/aromatic N) is 1. The molecule has 3 N–H and O–H groups in total. The van der Waals surface area contributed by atoms with Crippen molar-refractivity contribution in [3.8, 4) is 0 Å². The van der Waals surface area contributed by atoms with Crippen LogP contribution in [0.25, 0.3) is 0 Å². The van der Waals surface area contributed by atoms with E-state index in [1.165, 1.54) is 6.33 Å². The van der Waals surface area contributed by atoms with Crippen LogP contribution >= 0.6 is 12.2 Å². The Morgan fingerprint density at radius 3 is 2.90 bits per heavy atom. The minimum Gasteiger partial charge on any atom is -0.385 e. The summed E-state index contributed by atoms with van der Waals surface area (Å²) in [6.07, 6.45) is 1.94. The van der Waals surface area contributed by atoms with Crippen LogP contribution in [-0.4, -0.2) is 16.3 Å². The molecule has 0 atom stereocenters. The molecule has 0 aliphatic carbocycles. The second-order valence-electron chi connectivity index (χ2n) is 1.65. The lowest BCUT2D eigenvalue weighted by Crippen LogP contribution is -1.98. The first-order valence-corrected chi connectivity index (χ1v) is 2.95. The van der Waals surface area contributed by atoms with Crippen LogP contribution in [0.4, 0.5) is 5.82 Å². The van der Waals surface area contributed by atoms with Crippen molar-refractivity contribution < 1.29 is 4.79 Å². The average molecular weight is 155 g/mol. The smallest absolute Gasteiger partial charge is 0.156 e. The number of nitrogen functional groups attached to an aromatic ring is 1. The quantitative estimate of drug-likeness (QED) is 0.458. The van der Waals surface area contributed by atoms with E-state index < -0.39 is 0 Å². The maximum absolute atomic E-state index is 10.2. The highest BCUT2D eigenvalue weighted by Crippen LogP contribution is 2.02. The van der Waals surface area contributed by atoms with Crippen LogP contribution in [0.15, 0.2) is 6.33 Å². The molecule has 52 valence electrons. The van der Waals surface area contributed by atoms with Gasteiger partial charge in [0.15, 0.2) is 6.29 Å². The number of aromatic amines is 1. The predicted molar refractivity (Wildman–Crippen MR) is 39.2 cm³/mol. The third kappa shape index (κ3) is 1.03. The molecular formula is C5H5N3OS. The van der Waals surface area contributed by atoms with E-state index in [0.29, 0.717) is 6.29 Å². The summed E-state index contributed by atoms with van der Waals surface area (Å²) in [5, 5.41) is 0. The number of aldehydes is 1. The van der Waals surface area contributed by atoms with Crippen molar-refractivity contribution in [2.45, 2.75) is 0 Å². The van der Waals surface area contributed by atoms with Crippen molar-refractivity contribution in [3.63, 3.8) is 0 Å². The Labute approximate surface area is 62.1 Å². The van der Waals surface area contributed by atoms with Crippen molar-refractivity contribution in [3.05, 3.63) is 16.5 Å². The van der Waals surface area contributed by atoms with Crippen LogP contribution in [0.1, 0.15) is 10.4 Å².